The molecule has 1 amide bonds. The molecule has 1 atom stereocenters. The molecule has 0 saturated carbocycles. The third kappa shape index (κ3) is 2.80. The lowest BCUT2D eigenvalue weighted by molar-refractivity contribution is -0.122. The van der Waals surface area contributed by atoms with Gasteiger partial charge in [-0.05, 0) is 25.8 Å². The standard InChI is InChI=1S/C14H17F3N2O/c1-2-4-14(5-3-6-18-14)13(20)19-12-10(16)7-9(15)8-11(12)17/h7-8,18H,2-6H2,1H3,(H,19,20). The molecule has 1 aliphatic rings. The number of halogens is 3. The fraction of sp³-hybridized carbons (Fsp3) is 0.500. The van der Waals surface area contributed by atoms with Crippen LogP contribution in [0.5, 0.6) is 0 Å². The zero-order valence-electron chi connectivity index (χ0n) is 11.2. The average Bonchev–Trinajstić information content (AvgIpc) is 2.83. The van der Waals surface area contributed by atoms with Gasteiger partial charge in [-0.3, -0.25) is 4.79 Å². The number of carbonyl (C=O) groups is 1. The zero-order chi connectivity index (χ0) is 14.8. The van der Waals surface area contributed by atoms with E-state index in [1.807, 2.05) is 6.92 Å². The second-order valence-electron chi connectivity index (χ2n) is 5.06. The van der Waals surface area contributed by atoms with Crippen molar-refractivity contribution in [3.05, 3.63) is 29.6 Å². The van der Waals surface area contributed by atoms with Crippen LogP contribution in [0.25, 0.3) is 0 Å². The number of nitrogens with one attached hydrogen (secondary N) is 2. The lowest BCUT2D eigenvalue weighted by Gasteiger charge is -2.28. The van der Waals surface area contributed by atoms with Gasteiger partial charge in [0, 0.05) is 12.1 Å². The van der Waals surface area contributed by atoms with E-state index in [2.05, 4.69) is 10.6 Å². The normalized spacial score (nSPS) is 22.0. The summed E-state index contributed by atoms with van der Waals surface area (Å²) >= 11 is 0. The van der Waals surface area contributed by atoms with E-state index in [1.54, 1.807) is 0 Å². The van der Waals surface area contributed by atoms with Gasteiger partial charge in [-0.1, -0.05) is 13.3 Å². The quantitative estimate of drug-likeness (QED) is 0.893. The molecule has 1 aromatic carbocycles. The summed E-state index contributed by atoms with van der Waals surface area (Å²) in [6, 6.07) is 1.10. The van der Waals surface area contributed by atoms with Crippen molar-refractivity contribution in [3.8, 4) is 0 Å². The van der Waals surface area contributed by atoms with Gasteiger partial charge in [0.15, 0.2) is 11.6 Å². The van der Waals surface area contributed by atoms with Gasteiger partial charge in [0.1, 0.15) is 11.5 Å². The van der Waals surface area contributed by atoms with Gasteiger partial charge in [-0.25, -0.2) is 13.2 Å². The fourth-order valence-electron chi connectivity index (χ4n) is 2.65. The van der Waals surface area contributed by atoms with Crippen molar-refractivity contribution in [3.63, 3.8) is 0 Å². The number of anilines is 1. The number of amides is 1. The summed E-state index contributed by atoms with van der Waals surface area (Å²) in [6.07, 6.45) is 2.82. The van der Waals surface area contributed by atoms with Crippen molar-refractivity contribution in [2.75, 3.05) is 11.9 Å². The largest absolute Gasteiger partial charge is 0.320 e. The third-order valence-corrected chi connectivity index (χ3v) is 3.60. The van der Waals surface area contributed by atoms with Crippen molar-refractivity contribution in [1.82, 2.24) is 5.32 Å². The smallest absolute Gasteiger partial charge is 0.244 e. The lowest BCUT2D eigenvalue weighted by Crippen LogP contribution is -2.50. The summed E-state index contributed by atoms with van der Waals surface area (Å²) in [5, 5.41) is 5.37. The highest BCUT2D eigenvalue weighted by Crippen LogP contribution is 2.28. The Morgan fingerprint density at radius 1 is 1.35 bits per heavy atom. The van der Waals surface area contributed by atoms with Crippen LogP contribution in [0.3, 0.4) is 0 Å². The van der Waals surface area contributed by atoms with Crippen LogP contribution >= 0.6 is 0 Å². The Hall–Kier alpha value is -1.56. The van der Waals surface area contributed by atoms with Crippen LogP contribution in [0, 0.1) is 17.5 Å². The molecule has 1 heterocycles. The highest BCUT2D eigenvalue weighted by atomic mass is 19.1. The molecule has 0 spiro atoms. The maximum Gasteiger partial charge on any atom is 0.244 e. The Bertz CT molecular complexity index is 490. The SMILES string of the molecule is CCCC1(C(=O)Nc2c(F)cc(F)cc2F)CCCN1. The molecule has 1 saturated heterocycles. The van der Waals surface area contributed by atoms with E-state index in [0.717, 1.165) is 12.8 Å². The van der Waals surface area contributed by atoms with E-state index >= 15 is 0 Å². The van der Waals surface area contributed by atoms with Crippen LogP contribution in [0.15, 0.2) is 12.1 Å². The first-order valence-corrected chi connectivity index (χ1v) is 6.69. The summed E-state index contributed by atoms with van der Waals surface area (Å²) in [6.45, 7) is 2.63. The molecule has 6 heteroatoms. The Labute approximate surface area is 115 Å². The molecule has 20 heavy (non-hydrogen) atoms. The van der Waals surface area contributed by atoms with Crippen molar-refractivity contribution < 1.29 is 18.0 Å². The highest BCUT2D eigenvalue weighted by Gasteiger charge is 2.40. The Balaban J connectivity index is 2.23. The first-order chi connectivity index (χ1) is 9.48. The Morgan fingerprint density at radius 3 is 2.50 bits per heavy atom. The minimum Gasteiger partial charge on any atom is -0.320 e. The maximum atomic E-state index is 13.6. The van der Waals surface area contributed by atoms with Gasteiger partial charge in [-0.15, -0.1) is 0 Å². The summed E-state index contributed by atoms with van der Waals surface area (Å²) in [4.78, 5) is 12.3. The van der Waals surface area contributed by atoms with E-state index < -0.39 is 34.6 Å². The fourth-order valence-corrected chi connectivity index (χ4v) is 2.65. The highest BCUT2D eigenvalue weighted by molar-refractivity contribution is 5.98. The van der Waals surface area contributed by atoms with E-state index in [-0.39, 0.29) is 0 Å². The number of hydrogen-bond donors (Lipinski definition) is 2. The Morgan fingerprint density at radius 2 is 2.00 bits per heavy atom. The minimum absolute atomic E-state index is 0.471. The molecule has 1 aliphatic heterocycles. The van der Waals surface area contributed by atoms with Gasteiger partial charge < -0.3 is 10.6 Å². The zero-order valence-corrected chi connectivity index (χ0v) is 11.2. The first-order valence-electron chi connectivity index (χ1n) is 6.69. The summed E-state index contributed by atoms with van der Waals surface area (Å²) in [5.74, 6) is -3.71. The molecule has 1 unspecified atom stereocenters. The predicted molar refractivity (Wildman–Crippen MR) is 69.8 cm³/mol. The molecule has 0 radical (unpaired) electrons. The van der Waals surface area contributed by atoms with E-state index in [1.165, 1.54) is 0 Å². The lowest BCUT2D eigenvalue weighted by atomic mass is 9.90. The molecular formula is C14H17F3N2O. The van der Waals surface area contributed by atoms with E-state index in [0.29, 0.717) is 31.5 Å². The molecule has 0 aliphatic carbocycles. The summed E-state index contributed by atoms with van der Waals surface area (Å²) in [7, 11) is 0. The molecule has 110 valence electrons. The topological polar surface area (TPSA) is 41.1 Å². The average molecular weight is 286 g/mol. The number of hydrogen-bond acceptors (Lipinski definition) is 2. The maximum absolute atomic E-state index is 13.6. The molecule has 1 aromatic rings. The van der Waals surface area contributed by atoms with Gasteiger partial charge >= 0.3 is 0 Å². The van der Waals surface area contributed by atoms with Crippen molar-refractivity contribution in [2.45, 2.75) is 38.1 Å². The van der Waals surface area contributed by atoms with E-state index in [4.69, 9.17) is 0 Å². The molecule has 2 N–H and O–H groups in total. The number of rotatable bonds is 4. The molecule has 0 aromatic heterocycles. The second-order valence-corrected chi connectivity index (χ2v) is 5.06. The summed E-state index contributed by atoms with van der Waals surface area (Å²) in [5.41, 5.74) is -1.39. The summed E-state index contributed by atoms with van der Waals surface area (Å²) < 4.78 is 39.9. The van der Waals surface area contributed by atoms with Crippen molar-refractivity contribution in [2.24, 2.45) is 0 Å². The van der Waals surface area contributed by atoms with Gasteiger partial charge in [-0.2, -0.15) is 0 Å². The number of benzene rings is 1. The molecular weight excluding hydrogens is 269 g/mol. The molecule has 0 bridgehead atoms. The van der Waals surface area contributed by atoms with Crippen LogP contribution in [-0.4, -0.2) is 18.0 Å². The van der Waals surface area contributed by atoms with E-state index in [9.17, 15) is 18.0 Å². The van der Waals surface area contributed by atoms with Crippen LogP contribution in [-0.2, 0) is 4.79 Å². The number of carbonyl (C=O) groups excluding carboxylic acids is 1. The molecule has 3 nitrogen and oxygen atoms in total. The first kappa shape index (κ1) is 14.8. The van der Waals surface area contributed by atoms with Gasteiger partial charge in [0.25, 0.3) is 0 Å². The second kappa shape index (κ2) is 5.83. The Kier molecular flexibility index (Phi) is 4.32. The van der Waals surface area contributed by atoms with Crippen LogP contribution in [0.1, 0.15) is 32.6 Å². The van der Waals surface area contributed by atoms with Crippen molar-refractivity contribution >= 4 is 11.6 Å². The van der Waals surface area contributed by atoms with Crippen LogP contribution in [0.4, 0.5) is 18.9 Å². The van der Waals surface area contributed by atoms with Gasteiger partial charge in [0.05, 0.1) is 5.54 Å². The molecule has 2 rings (SSSR count). The van der Waals surface area contributed by atoms with Gasteiger partial charge in [0.2, 0.25) is 5.91 Å². The van der Waals surface area contributed by atoms with Crippen molar-refractivity contribution in [1.29, 1.82) is 0 Å². The third-order valence-electron chi connectivity index (χ3n) is 3.60. The predicted octanol–water partition coefficient (Wildman–Crippen LogP) is 2.96. The molecule has 1 fully saturated rings. The van der Waals surface area contributed by atoms with Crippen LogP contribution in [0.2, 0.25) is 0 Å². The monoisotopic (exact) mass is 286 g/mol. The minimum atomic E-state index is -1.11. The van der Waals surface area contributed by atoms with Crippen LogP contribution < -0.4 is 10.6 Å².